The molecule has 0 saturated carbocycles. The van der Waals surface area contributed by atoms with E-state index in [9.17, 15) is 4.79 Å². The molecular weight excluding hydrogens is 328 g/mol. The summed E-state index contributed by atoms with van der Waals surface area (Å²) in [4.78, 5) is 17.8. The van der Waals surface area contributed by atoms with E-state index in [1.165, 1.54) is 0 Å². The molecule has 5 nitrogen and oxygen atoms in total. The first kappa shape index (κ1) is 16.4. The molecule has 0 bridgehead atoms. The van der Waals surface area contributed by atoms with E-state index in [0.29, 0.717) is 23.6 Å². The number of hydrogen-bond acceptors (Lipinski definition) is 4. The summed E-state index contributed by atoms with van der Waals surface area (Å²) in [6.07, 6.45) is 0.568. The van der Waals surface area contributed by atoms with Crippen LogP contribution in [0.15, 0.2) is 48.6 Å². The van der Waals surface area contributed by atoms with Crippen LogP contribution in [-0.2, 0) is 6.42 Å². The lowest BCUT2D eigenvalue weighted by Crippen LogP contribution is -2.15. The van der Waals surface area contributed by atoms with E-state index in [2.05, 4.69) is 11.6 Å². The number of benzene rings is 2. The van der Waals surface area contributed by atoms with Crippen molar-refractivity contribution in [1.29, 1.82) is 0 Å². The Morgan fingerprint density at radius 2 is 2.08 bits per heavy atom. The van der Waals surface area contributed by atoms with Gasteiger partial charge in [-0.05, 0) is 43.7 Å². The van der Waals surface area contributed by atoms with Crippen LogP contribution >= 0.6 is 0 Å². The number of rotatable bonds is 3. The summed E-state index contributed by atoms with van der Waals surface area (Å²) in [5, 5.41) is 0. The molecule has 132 valence electrons. The Balaban J connectivity index is 1.84. The Hall–Kier alpha value is -3.08. The van der Waals surface area contributed by atoms with Crippen molar-refractivity contribution in [1.82, 2.24) is 9.55 Å². The third-order valence-electron chi connectivity index (χ3n) is 4.79. The van der Waals surface area contributed by atoms with Gasteiger partial charge in [0.1, 0.15) is 23.4 Å². The van der Waals surface area contributed by atoms with Gasteiger partial charge in [-0.25, -0.2) is 4.98 Å². The maximum absolute atomic E-state index is 13.3. The predicted molar refractivity (Wildman–Crippen MR) is 100 cm³/mol. The van der Waals surface area contributed by atoms with Gasteiger partial charge in [0.2, 0.25) is 0 Å². The number of nitrogens with zero attached hydrogens (tertiary/aromatic N) is 2. The quantitative estimate of drug-likeness (QED) is 0.673. The molecule has 1 atom stereocenters. The lowest BCUT2D eigenvalue weighted by Gasteiger charge is -2.13. The number of carbonyl (C=O) groups is 1. The van der Waals surface area contributed by atoms with Crippen LogP contribution in [0, 0.1) is 6.92 Å². The SMILES string of the molecule is C=C(C)[C@H]1Cc2c(ccc(C(=O)n3c(C)nc4ccccc43)c2OC)O1. The van der Waals surface area contributed by atoms with Gasteiger partial charge in [0.15, 0.2) is 0 Å². The second-order valence-electron chi connectivity index (χ2n) is 6.57. The Morgan fingerprint density at radius 3 is 2.81 bits per heavy atom. The van der Waals surface area contributed by atoms with Crippen molar-refractivity contribution in [3.63, 3.8) is 0 Å². The summed E-state index contributed by atoms with van der Waals surface area (Å²) in [6, 6.07) is 11.2. The molecule has 5 heteroatoms. The molecule has 0 radical (unpaired) electrons. The lowest BCUT2D eigenvalue weighted by atomic mass is 10.0. The van der Waals surface area contributed by atoms with Gasteiger partial charge in [-0.2, -0.15) is 0 Å². The molecule has 1 aromatic heterocycles. The van der Waals surface area contributed by atoms with Crippen LogP contribution in [-0.4, -0.2) is 28.7 Å². The highest BCUT2D eigenvalue weighted by atomic mass is 16.5. The maximum Gasteiger partial charge on any atom is 0.267 e. The van der Waals surface area contributed by atoms with Crippen molar-refractivity contribution in [3.05, 3.63) is 65.5 Å². The highest BCUT2D eigenvalue weighted by Gasteiger charge is 2.30. The molecule has 0 aliphatic carbocycles. The Morgan fingerprint density at radius 1 is 1.31 bits per heavy atom. The van der Waals surface area contributed by atoms with Gasteiger partial charge >= 0.3 is 0 Å². The Labute approximate surface area is 151 Å². The van der Waals surface area contributed by atoms with Crippen molar-refractivity contribution in [2.75, 3.05) is 7.11 Å². The number of hydrogen-bond donors (Lipinski definition) is 0. The zero-order valence-electron chi connectivity index (χ0n) is 15.1. The number of imidazole rings is 1. The van der Waals surface area contributed by atoms with Crippen molar-refractivity contribution in [3.8, 4) is 11.5 Å². The zero-order chi connectivity index (χ0) is 18.4. The summed E-state index contributed by atoms with van der Waals surface area (Å²) in [5.74, 6) is 1.80. The van der Waals surface area contributed by atoms with E-state index < -0.39 is 0 Å². The van der Waals surface area contributed by atoms with Gasteiger partial charge < -0.3 is 9.47 Å². The van der Waals surface area contributed by atoms with Crippen molar-refractivity contribution in [2.24, 2.45) is 0 Å². The molecule has 26 heavy (non-hydrogen) atoms. The molecule has 0 saturated heterocycles. The van der Waals surface area contributed by atoms with Crippen LogP contribution < -0.4 is 9.47 Å². The number of carbonyl (C=O) groups excluding carboxylic acids is 1. The molecule has 4 rings (SSSR count). The van der Waals surface area contributed by atoms with Crippen LogP contribution in [0.5, 0.6) is 11.5 Å². The van der Waals surface area contributed by atoms with E-state index in [1.807, 2.05) is 44.2 Å². The largest absolute Gasteiger partial charge is 0.495 e. The van der Waals surface area contributed by atoms with Gasteiger partial charge in [-0.1, -0.05) is 18.7 Å². The zero-order valence-corrected chi connectivity index (χ0v) is 15.1. The van der Waals surface area contributed by atoms with E-state index >= 15 is 0 Å². The molecule has 0 N–H and O–H groups in total. The van der Waals surface area contributed by atoms with Gasteiger partial charge in [0, 0.05) is 12.0 Å². The number of para-hydroxylation sites is 2. The molecular formula is C21H20N2O3. The smallest absolute Gasteiger partial charge is 0.267 e. The van der Waals surface area contributed by atoms with Crippen LogP contribution in [0.25, 0.3) is 11.0 Å². The van der Waals surface area contributed by atoms with Crippen molar-refractivity contribution < 1.29 is 14.3 Å². The fraction of sp³-hybridized carbons (Fsp3) is 0.238. The van der Waals surface area contributed by atoms with Crippen LogP contribution in [0.4, 0.5) is 0 Å². The second kappa shape index (κ2) is 6.02. The van der Waals surface area contributed by atoms with Gasteiger partial charge in [0.05, 0.1) is 23.7 Å². The second-order valence-corrected chi connectivity index (χ2v) is 6.57. The molecule has 0 spiro atoms. The molecule has 1 aliphatic rings. The number of aromatic nitrogens is 2. The number of aryl methyl sites for hydroxylation is 1. The normalized spacial score (nSPS) is 15.6. The molecule has 0 unspecified atom stereocenters. The summed E-state index contributed by atoms with van der Waals surface area (Å²) in [5.41, 5.74) is 3.95. The third kappa shape index (κ3) is 2.39. The number of methoxy groups -OCH3 is 1. The molecule has 0 amide bonds. The minimum atomic E-state index is -0.158. The first-order valence-corrected chi connectivity index (χ1v) is 8.52. The standard InChI is InChI=1S/C21H20N2O3/c1-12(2)19-11-15-18(26-19)10-9-14(20(15)25-4)21(24)23-13(3)22-16-7-5-6-8-17(16)23/h5-10,19H,1,11H2,2-4H3/t19-/m1/s1. The monoisotopic (exact) mass is 348 g/mol. The van der Waals surface area contributed by atoms with Crippen molar-refractivity contribution >= 4 is 16.9 Å². The lowest BCUT2D eigenvalue weighted by molar-refractivity contribution is 0.0959. The molecule has 0 fully saturated rings. The molecule has 2 heterocycles. The topological polar surface area (TPSA) is 53.4 Å². The highest BCUT2D eigenvalue weighted by Crippen LogP contribution is 2.40. The Bertz CT molecular complexity index is 1050. The summed E-state index contributed by atoms with van der Waals surface area (Å²) in [6.45, 7) is 7.75. The third-order valence-corrected chi connectivity index (χ3v) is 4.79. The van der Waals surface area contributed by atoms with Gasteiger partial charge in [0.25, 0.3) is 5.91 Å². The minimum Gasteiger partial charge on any atom is -0.495 e. The summed E-state index contributed by atoms with van der Waals surface area (Å²) in [7, 11) is 1.58. The predicted octanol–water partition coefficient (Wildman–Crippen LogP) is 3.92. The first-order valence-electron chi connectivity index (χ1n) is 8.52. The van der Waals surface area contributed by atoms with E-state index in [-0.39, 0.29) is 12.0 Å². The maximum atomic E-state index is 13.3. The number of ether oxygens (including phenoxy) is 2. The fourth-order valence-corrected chi connectivity index (χ4v) is 3.49. The molecule has 3 aromatic rings. The van der Waals surface area contributed by atoms with E-state index in [0.717, 1.165) is 27.9 Å². The highest BCUT2D eigenvalue weighted by molar-refractivity contribution is 6.04. The molecule has 2 aromatic carbocycles. The Kier molecular flexibility index (Phi) is 3.80. The summed E-state index contributed by atoms with van der Waals surface area (Å²) >= 11 is 0. The van der Waals surface area contributed by atoms with Gasteiger partial charge in [-0.15, -0.1) is 0 Å². The average Bonchev–Trinajstić information content (AvgIpc) is 3.20. The fourth-order valence-electron chi connectivity index (χ4n) is 3.49. The van der Waals surface area contributed by atoms with Crippen LogP contribution in [0.3, 0.4) is 0 Å². The first-order chi connectivity index (χ1) is 12.5. The summed E-state index contributed by atoms with van der Waals surface area (Å²) < 4.78 is 13.2. The van der Waals surface area contributed by atoms with Gasteiger partial charge in [-0.3, -0.25) is 9.36 Å². The average molecular weight is 348 g/mol. The minimum absolute atomic E-state index is 0.0833. The van der Waals surface area contributed by atoms with Crippen molar-refractivity contribution in [2.45, 2.75) is 26.4 Å². The van der Waals surface area contributed by atoms with E-state index in [1.54, 1.807) is 17.7 Å². The number of fused-ring (bicyclic) bond motifs is 2. The molecule has 1 aliphatic heterocycles. The van der Waals surface area contributed by atoms with Crippen LogP contribution in [0.2, 0.25) is 0 Å². The van der Waals surface area contributed by atoms with Crippen LogP contribution in [0.1, 0.15) is 28.7 Å². The van der Waals surface area contributed by atoms with E-state index in [4.69, 9.17) is 9.47 Å².